The molecule has 0 radical (unpaired) electrons. The Kier molecular flexibility index (Phi) is 5.51. The molecule has 1 aromatic heterocycles. The van der Waals surface area contributed by atoms with E-state index in [1.54, 1.807) is 0 Å². The molecule has 0 aliphatic rings. The topological polar surface area (TPSA) is 60.9 Å². The minimum Gasteiger partial charge on any atom is -0.330 e. The molecule has 114 valence electrons. The summed E-state index contributed by atoms with van der Waals surface area (Å²) in [5.41, 5.74) is 7.61. The van der Waals surface area contributed by atoms with Gasteiger partial charge in [0.1, 0.15) is 11.6 Å². The fourth-order valence-electron chi connectivity index (χ4n) is 2.65. The molecule has 0 fully saturated rings. The highest BCUT2D eigenvalue weighted by molar-refractivity contribution is 5.84. The zero-order valence-corrected chi connectivity index (χ0v) is 13.0. The lowest BCUT2D eigenvalue weighted by atomic mass is 9.98. The fraction of sp³-hybridized carbons (Fsp3) is 0.529. The molecule has 2 N–H and O–H groups in total. The van der Waals surface area contributed by atoms with Gasteiger partial charge in [0.2, 0.25) is 0 Å². The van der Waals surface area contributed by atoms with Crippen molar-refractivity contribution in [1.29, 1.82) is 0 Å². The summed E-state index contributed by atoms with van der Waals surface area (Å²) in [7, 11) is 0. The molecule has 0 saturated carbocycles. The van der Waals surface area contributed by atoms with E-state index in [4.69, 9.17) is 5.73 Å². The van der Waals surface area contributed by atoms with Crippen molar-refractivity contribution in [2.45, 2.75) is 46.1 Å². The van der Waals surface area contributed by atoms with Gasteiger partial charge in [0, 0.05) is 12.5 Å². The summed E-state index contributed by atoms with van der Waals surface area (Å²) in [5, 5.41) is 0. The lowest BCUT2D eigenvalue weighted by Crippen LogP contribution is -2.18. The number of nitrogens with zero attached hydrogens (tertiary/aromatic N) is 2. The second kappa shape index (κ2) is 7.36. The third kappa shape index (κ3) is 3.70. The number of para-hydroxylation sites is 2. The zero-order chi connectivity index (χ0) is 15.2. The molecule has 0 aliphatic heterocycles. The van der Waals surface area contributed by atoms with Gasteiger partial charge in [-0.3, -0.25) is 4.79 Å². The number of imidazole rings is 1. The van der Waals surface area contributed by atoms with Gasteiger partial charge in [0.05, 0.1) is 17.5 Å². The van der Waals surface area contributed by atoms with Crippen molar-refractivity contribution in [1.82, 2.24) is 9.55 Å². The first kappa shape index (κ1) is 15.7. The summed E-state index contributed by atoms with van der Waals surface area (Å²) in [6.45, 7) is 5.68. The number of rotatable bonds is 8. The Hall–Kier alpha value is -1.68. The van der Waals surface area contributed by atoms with Crippen LogP contribution in [-0.4, -0.2) is 21.9 Å². The minimum absolute atomic E-state index is 0.0587. The Labute approximate surface area is 126 Å². The number of benzene rings is 1. The standard InChI is InChI=1S/C17H25N3O/c1-3-11-20-15-9-5-4-8-14(15)19-17(20)12-16(21)13(2)7-6-10-18/h4-5,8-9,13H,3,6-7,10-12,18H2,1-2H3. The lowest BCUT2D eigenvalue weighted by Gasteiger charge is -2.11. The van der Waals surface area contributed by atoms with Crippen LogP contribution in [0.2, 0.25) is 0 Å². The van der Waals surface area contributed by atoms with Crippen LogP contribution in [0.5, 0.6) is 0 Å². The number of hydrogen-bond acceptors (Lipinski definition) is 3. The largest absolute Gasteiger partial charge is 0.330 e. The predicted octanol–water partition coefficient (Wildman–Crippen LogP) is 2.93. The second-order valence-electron chi connectivity index (χ2n) is 5.64. The fourth-order valence-corrected chi connectivity index (χ4v) is 2.65. The maximum atomic E-state index is 12.4. The van der Waals surface area contributed by atoms with E-state index < -0.39 is 0 Å². The van der Waals surface area contributed by atoms with E-state index in [0.29, 0.717) is 13.0 Å². The van der Waals surface area contributed by atoms with Gasteiger partial charge in [0.25, 0.3) is 0 Å². The van der Waals surface area contributed by atoms with Crippen LogP contribution in [-0.2, 0) is 17.8 Å². The molecule has 1 heterocycles. The molecular formula is C17H25N3O. The summed E-state index contributed by atoms with van der Waals surface area (Å²) >= 11 is 0. The number of ketones is 1. The average molecular weight is 287 g/mol. The molecule has 1 atom stereocenters. The molecule has 0 amide bonds. The van der Waals surface area contributed by atoms with Crippen LogP contribution >= 0.6 is 0 Å². The van der Waals surface area contributed by atoms with Crippen LogP contribution in [0.25, 0.3) is 11.0 Å². The zero-order valence-electron chi connectivity index (χ0n) is 13.0. The highest BCUT2D eigenvalue weighted by Crippen LogP contribution is 2.18. The number of Topliss-reactive ketones (excluding diaryl/α,β-unsaturated/α-hetero) is 1. The summed E-state index contributed by atoms with van der Waals surface area (Å²) in [5.74, 6) is 1.21. The number of carbonyl (C=O) groups excluding carboxylic acids is 1. The normalized spacial score (nSPS) is 12.7. The molecule has 0 aliphatic carbocycles. The van der Waals surface area contributed by atoms with E-state index in [-0.39, 0.29) is 11.7 Å². The molecule has 2 aromatic rings. The van der Waals surface area contributed by atoms with Crippen molar-refractivity contribution in [3.05, 3.63) is 30.1 Å². The highest BCUT2D eigenvalue weighted by Gasteiger charge is 2.17. The third-order valence-electron chi connectivity index (χ3n) is 3.90. The Morgan fingerprint density at radius 3 is 2.86 bits per heavy atom. The quantitative estimate of drug-likeness (QED) is 0.812. The van der Waals surface area contributed by atoms with Gasteiger partial charge in [-0.25, -0.2) is 4.98 Å². The van der Waals surface area contributed by atoms with Crippen LogP contribution < -0.4 is 5.73 Å². The molecule has 1 unspecified atom stereocenters. The summed E-state index contributed by atoms with van der Waals surface area (Å²) in [6, 6.07) is 8.09. The van der Waals surface area contributed by atoms with Crippen LogP contribution in [0, 0.1) is 5.92 Å². The van der Waals surface area contributed by atoms with Crippen molar-refractivity contribution < 1.29 is 4.79 Å². The molecule has 21 heavy (non-hydrogen) atoms. The van der Waals surface area contributed by atoms with E-state index in [9.17, 15) is 4.79 Å². The minimum atomic E-state index is 0.0587. The summed E-state index contributed by atoms with van der Waals surface area (Å²) < 4.78 is 2.18. The summed E-state index contributed by atoms with van der Waals surface area (Å²) in [6.07, 6.45) is 3.21. The van der Waals surface area contributed by atoms with Crippen molar-refractivity contribution in [2.24, 2.45) is 11.7 Å². The van der Waals surface area contributed by atoms with Crippen molar-refractivity contribution in [3.63, 3.8) is 0 Å². The van der Waals surface area contributed by atoms with Crippen molar-refractivity contribution in [3.8, 4) is 0 Å². The number of carbonyl (C=O) groups is 1. The SMILES string of the molecule is CCCn1c(CC(=O)C(C)CCCN)nc2ccccc21. The first-order valence-corrected chi connectivity index (χ1v) is 7.84. The number of nitrogens with two attached hydrogens (primary N) is 1. The van der Waals surface area contributed by atoms with Crippen molar-refractivity contribution in [2.75, 3.05) is 6.54 Å². The van der Waals surface area contributed by atoms with Gasteiger partial charge < -0.3 is 10.3 Å². The van der Waals surface area contributed by atoms with Crippen LogP contribution in [0.4, 0.5) is 0 Å². The van der Waals surface area contributed by atoms with Gasteiger partial charge in [0.15, 0.2) is 0 Å². The lowest BCUT2D eigenvalue weighted by molar-refractivity contribution is -0.122. The van der Waals surface area contributed by atoms with E-state index >= 15 is 0 Å². The van der Waals surface area contributed by atoms with Crippen LogP contribution in [0.15, 0.2) is 24.3 Å². The molecule has 0 saturated heterocycles. The van der Waals surface area contributed by atoms with E-state index in [1.165, 1.54) is 0 Å². The molecular weight excluding hydrogens is 262 g/mol. The third-order valence-corrected chi connectivity index (χ3v) is 3.90. The van der Waals surface area contributed by atoms with Gasteiger partial charge in [-0.1, -0.05) is 26.0 Å². The molecule has 4 nitrogen and oxygen atoms in total. The van der Waals surface area contributed by atoms with Crippen LogP contribution in [0.3, 0.4) is 0 Å². The number of aromatic nitrogens is 2. The molecule has 1 aromatic carbocycles. The van der Waals surface area contributed by atoms with Crippen LogP contribution in [0.1, 0.15) is 38.9 Å². The maximum Gasteiger partial charge on any atom is 0.143 e. The Morgan fingerprint density at radius 2 is 2.14 bits per heavy atom. The Morgan fingerprint density at radius 1 is 1.38 bits per heavy atom. The second-order valence-corrected chi connectivity index (χ2v) is 5.64. The Bertz CT molecular complexity index is 603. The van der Waals surface area contributed by atoms with Gasteiger partial charge in [-0.05, 0) is 37.9 Å². The number of aryl methyl sites for hydroxylation is 1. The van der Waals surface area contributed by atoms with Crippen molar-refractivity contribution >= 4 is 16.8 Å². The monoisotopic (exact) mass is 287 g/mol. The smallest absolute Gasteiger partial charge is 0.143 e. The van der Waals surface area contributed by atoms with Gasteiger partial charge >= 0.3 is 0 Å². The van der Waals surface area contributed by atoms with Gasteiger partial charge in [-0.2, -0.15) is 0 Å². The number of fused-ring (bicyclic) bond motifs is 1. The first-order valence-electron chi connectivity index (χ1n) is 7.84. The Balaban J connectivity index is 2.21. The molecule has 2 rings (SSSR count). The highest BCUT2D eigenvalue weighted by atomic mass is 16.1. The molecule has 4 heteroatoms. The van der Waals surface area contributed by atoms with E-state index in [2.05, 4.69) is 22.5 Å². The average Bonchev–Trinajstić information content (AvgIpc) is 2.83. The maximum absolute atomic E-state index is 12.4. The summed E-state index contributed by atoms with van der Waals surface area (Å²) in [4.78, 5) is 17.0. The van der Waals surface area contributed by atoms with E-state index in [1.807, 2.05) is 25.1 Å². The number of hydrogen-bond donors (Lipinski definition) is 1. The molecule has 0 spiro atoms. The first-order chi connectivity index (χ1) is 10.2. The van der Waals surface area contributed by atoms with E-state index in [0.717, 1.165) is 42.7 Å². The van der Waals surface area contributed by atoms with Gasteiger partial charge in [-0.15, -0.1) is 0 Å². The predicted molar refractivity (Wildman–Crippen MR) is 86.2 cm³/mol. The molecule has 0 bridgehead atoms.